The van der Waals surface area contributed by atoms with Gasteiger partial charge in [-0.1, -0.05) is 18.2 Å². The van der Waals surface area contributed by atoms with E-state index in [9.17, 15) is 14.9 Å². The van der Waals surface area contributed by atoms with Gasteiger partial charge in [-0.05, 0) is 45.0 Å². The molecule has 0 saturated carbocycles. The molecule has 0 aliphatic carbocycles. The smallest absolute Gasteiger partial charge is 0.419 e. The molecule has 0 aliphatic rings. The van der Waals surface area contributed by atoms with Crippen LogP contribution in [0.15, 0.2) is 54.6 Å². The van der Waals surface area contributed by atoms with E-state index in [1.165, 1.54) is 28.8 Å². The van der Waals surface area contributed by atoms with Gasteiger partial charge in [-0.3, -0.25) is 10.1 Å². The molecule has 1 aromatic heterocycles. The maximum absolute atomic E-state index is 12.7. The fourth-order valence-corrected chi connectivity index (χ4v) is 2.66. The van der Waals surface area contributed by atoms with Crippen molar-refractivity contribution < 1.29 is 19.2 Å². The fourth-order valence-electron chi connectivity index (χ4n) is 2.66. The minimum Gasteiger partial charge on any atom is -0.487 e. The molecule has 7 heteroatoms. The second-order valence-corrected chi connectivity index (χ2v) is 7.05. The van der Waals surface area contributed by atoms with Crippen LogP contribution in [0.25, 0.3) is 10.9 Å². The summed E-state index contributed by atoms with van der Waals surface area (Å²) in [5, 5.41) is 11.6. The first kappa shape index (κ1) is 18.4. The molecule has 0 bridgehead atoms. The Morgan fingerprint density at radius 2 is 1.78 bits per heavy atom. The number of nitro benzene ring substituents is 1. The number of fused-ring (bicyclic) bond motifs is 1. The highest BCUT2D eigenvalue weighted by Gasteiger charge is 2.22. The van der Waals surface area contributed by atoms with Crippen molar-refractivity contribution in [1.29, 1.82) is 0 Å². The maximum Gasteiger partial charge on any atom is 0.419 e. The van der Waals surface area contributed by atoms with Crippen LogP contribution >= 0.6 is 0 Å². The minimum atomic E-state index is -0.626. The molecule has 0 atom stereocenters. The van der Waals surface area contributed by atoms with E-state index in [0.717, 1.165) is 10.9 Å². The minimum absolute atomic E-state index is 0.00906. The number of aromatic nitrogens is 1. The van der Waals surface area contributed by atoms with Crippen LogP contribution in [0.3, 0.4) is 0 Å². The van der Waals surface area contributed by atoms with Crippen LogP contribution < -0.4 is 4.74 Å². The summed E-state index contributed by atoms with van der Waals surface area (Å²) in [4.78, 5) is 23.0. The van der Waals surface area contributed by atoms with Gasteiger partial charge in [-0.25, -0.2) is 9.36 Å². The van der Waals surface area contributed by atoms with E-state index in [1.807, 2.05) is 51.1 Å². The van der Waals surface area contributed by atoms with Crippen LogP contribution in [0.1, 0.15) is 26.5 Å². The predicted octanol–water partition coefficient (Wildman–Crippen LogP) is 4.91. The number of carbonyl (C=O) groups excluding carboxylic acids is 1. The summed E-state index contributed by atoms with van der Waals surface area (Å²) in [5.41, 5.74) is 0.724. The van der Waals surface area contributed by atoms with Crippen LogP contribution in [-0.2, 0) is 11.3 Å². The van der Waals surface area contributed by atoms with E-state index < -0.39 is 16.6 Å². The second-order valence-electron chi connectivity index (χ2n) is 7.05. The van der Waals surface area contributed by atoms with Crippen LogP contribution in [0, 0.1) is 10.1 Å². The molecule has 0 radical (unpaired) electrons. The van der Waals surface area contributed by atoms with E-state index in [4.69, 9.17) is 9.47 Å². The molecular weight excluding hydrogens is 348 g/mol. The zero-order chi connectivity index (χ0) is 19.6. The van der Waals surface area contributed by atoms with E-state index in [1.54, 1.807) is 0 Å². The lowest BCUT2D eigenvalue weighted by molar-refractivity contribution is -0.384. The Balaban J connectivity index is 1.88. The van der Waals surface area contributed by atoms with Crippen molar-refractivity contribution in [1.82, 2.24) is 4.57 Å². The molecule has 140 valence electrons. The van der Waals surface area contributed by atoms with Gasteiger partial charge in [0.25, 0.3) is 5.69 Å². The molecule has 0 N–H and O–H groups in total. The standard InChI is InChI=1S/C20H20N2O5/c1-20(2,3)27-19(23)21-16(12-14-6-4-5-7-18(14)21)13-26-17-10-8-15(9-11-17)22(24)25/h4-12H,13H2,1-3H3. The van der Waals surface area contributed by atoms with Gasteiger partial charge < -0.3 is 9.47 Å². The number of benzene rings is 2. The average Bonchev–Trinajstić information content (AvgIpc) is 2.97. The van der Waals surface area contributed by atoms with Crippen molar-refractivity contribution in [2.45, 2.75) is 33.0 Å². The van der Waals surface area contributed by atoms with Gasteiger partial charge in [0, 0.05) is 17.5 Å². The second kappa shape index (κ2) is 7.11. The summed E-state index contributed by atoms with van der Waals surface area (Å²) < 4.78 is 12.7. The summed E-state index contributed by atoms with van der Waals surface area (Å²) >= 11 is 0. The molecular formula is C20H20N2O5. The third-order valence-corrected chi connectivity index (χ3v) is 3.80. The summed E-state index contributed by atoms with van der Waals surface area (Å²) in [6.07, 6.45) is -0.481. The summed E-state index contributed by atoms with van der Waals surface area (Å²) in [6.45, 7) is 5.54. The first-order valence-electron chi connectivity index (χ1n) is 8.44. The number of ether oxygens (including phenoxy) is 2. The molecule has 0 saturated heterocycles. The Labute approximate surface area is 156 Å². The topological polar surface area (TPSA) is 83.6 Å². The van der Waals surface area contributed by atoms with Crippen LogP contribution in [0.5, 0.6) is 5.75 Å². The van der Waals surface area contributed by atoms with Gasteiger partial charge >= 0.3 is 6.09 Å². The molecule has 27 heavy (non-hydrogen) atoms. The number of nitro groups is 1. The van der Waals surface area contributed by atoms with Gasteiger partial charge in [0.2, 0.25) is 0 Å². The Morgan fingerprint density at radius 3 is 2.41 bits per heavy atom. The zero-order valence-corrected chi connectivity index (χ0v) is 15.3. The molecule has 0 aliphatic heterocycles. The Bertz CT molecular complexity index is 984. The number of non-ortho nitro benzene ring substituents is 1. The number of rotatable bonds is 4. The lowest BCUT2D eigenvalue weighted by Crippen LogP contribution is -2.28. The molecule has 0 spiro atoms. The quantitative estimate of drug-likeness (QED) is 0.482. The van der Waals surface area contributed by atoms with Gasteiger partial charge in [0.15, 0.2) is 0 Å². The Morgan fingerprint density at radius 1 is 1.11 bits per heavy atom. The zero-order valence-electron chi connectivity index (χ0n) is 15.3. The molecule has 3 rings (SSSR count). The predicted molar refractivity (Wildman–Crippen MR) is 101 cm³/mol. The van der Waals surface area contributed by atoms with Crippen molar-refractivity contribution in [3.05, 3.63) is 70.4 Å². The maximum atomic E-state index is 12.7. The average molecular weight is 368 g/mol. The number of nitrogens with zero attached hydrogens (tertiary/aromatic N) is 2. The van der Waals surface area contributed by atoms with Crippen molar-refractivity contribution in [3.63, 3.8) is 0 Å². The van der Waals surface area contributed by atoms with Gasteiger partial charge in [0.1, 0.15) is 18.0 Å². The Hall–Kier alpha value is -3.35. The molecule has 0 unspecified atom stereocenters. The summed E-state index contributed by atoms with van der Waals surface area (Å²) in [7, 11) is 0. The van der Waals surface area contributed by atoms with Gasteiger partial charge in [-0.15, -0.1) is 0 Å². The molecule has 0 fully saturated rings. The van der Waals surface area contributed by atoms with Gasteiger partial charge in [0.05, 0.1) is 16.1 Å². The highest BCUT2D eigenvalue weighted by Crippen LogP contribution is 2.24. The molecule has 3 aromatic rings. The SMILES string of the molecule is CC(C)(C)OC(=O)n1c(COc2ccc([N+](=O)[O-])cc2)cc2ccccc21. The fraction of sp³-hybridized carbons (Fsp3) is 0.250. The molecule has 1 heterocycles. The van der Waals surface area contributed by atoms with Crippen LogP contribution in [0.2, 0.25) is 0 Å². The van der Waals surface area contributed by atoms with Gasteiger partial charge in [-0.2, -0.15) is 0 Å². The molecule has 0 amide bonds. The van der Waals surface area contributed by atoms with Crippen molar-refractivity contribution in [3.8, 4) is 5.75 Å². The number of carbonyl (C=O) groups is 1. The van der Waals surface area contributed by atoms with Crippen molar-refractivity contribution in [2.24, 2.45) is 0 Å². The van der Waals surface area contributed by atoms with Crippen LogP contribution in [0.4, 0.5) is 10.5 Å². The lowest BCUT2D eigenvalue weighted by Gasteiger charge is -2.21. The highest BCUT2D eigenvalue weighted by molar-refractivity contribution is 5.91. The lowest BCUT2D eigenvalue weighted by atomic mass is 10.2. The van der Waals surface area contributed by atoms with E-state index >= 15 is 0 Å². The number of hydrogen-bond acceptors (Lipinski definition) is 5. The van der Waals surface area contributed by atoms with Crippen molar-refractivity contribution in [2.75, 3.05) is 0 Å². The Kier molecular flexibility index (Phi) is 4.85. The van der Waals surface area contributed by atoms with Crippen LogP contribution in [-0.4, -0.2) is 21.2 Å². The highest BCUT2D eigenvalue weighted by atomic mass is 16.6. The number of para-hydroxylation sites is 1. The normalized spacial score (nSPS) is 11.4. The van der Waals surface area contributed by atoms with E-state index in [0.29, 0.717) is 11.4 Å². The number of hydrogen-bond donors (Lipinski definition) is 0. The monoisotopic (exact) mass is 368 g/mol. The molecule has 7 nitrogen and oxygen atoms in total. The van der Waals surface area contributed by atoms with E-state index in [2.05, 4.69) is 0 Å². The largest absolute Gasteiger partial charge is 0.487 e. The third kappa shape index (κ3) is 4.25. The van der Waals surface area contributed by atoms with Crippen molar-refractivity contribution >= 4 is 22.7 Å². The third-order valence-electron chi connectivity index (χ3n) is 3.80. The first-order valence-corrected chi connectivity index (χ1v) is 8.44. The van der Waals surface area contributed by atoms with E-state index in [-0.39, 0.29) is 12.3 Å². The molecule has 2 aromatic carbocycles. The summed E-state index contributed by atoms with van der Waals surface area (Å²) in [6, 6.07) is 15.2. The summed E-state index contributed by atoms with van der Waals surface area (Å²) in [5.74, 6) is 0.474. The first-order chi connectivity index (χ1) is 12.7.